The summed E-state index contributed by atoms with van der Waals surface area (Å²) in [4.78, 5) is 8.51. The number of ether oxygens (including phenoxy) is 1. The Labute approximate surface area is 155 Å². The van der Waals surface area contributed by atoms with Crippen LogP contribution in [0.25, 0.3) is 0 Å². The zero-order valence-corrected chi connectivity index (χ0v) is 16.2. The summed E-state index contributed by atoms with van der Waals surface area (Å²) in [5.41, 5.74) is 1.13. The Morgan fingerprint density at radius 2 is 1.62 bits per heavy atom. The molecule has 0 aliphatic rings. The molecular weight excluding hydrogens is 473 g/mol. The van der Waals surface area contributed by atoms with E-state index in [1.807, 2.05) is 24.3 Å². The van der Waals surface area contributed by atoms with E-state index in [-0.39, 0.29) is 11.1 Å². The van der Waals surface area contributed by atoms with E-state index in [0.29, 0.717) is 12.2 Å². The van der Waals surface area contributed by atoms with Crippen molar-refractivity contribution >= 4 is 40.1 Å². The Hall–Kier alpha value is -0.760. The van der Waals surface area contributed by atoms with Crippen LogP contribution in [0.1, 0.15) is 16.7 Å². The lowest BCUT2D eigenvalue weighted by Gasteiger charge is -2.12. The average Bonchev–Trinajstić information content (AvgIpc) is 2.48. The van der Waals surface area contributed by atoms with Gasteiger partial charge in [-0.25, -0.2) is 0 Å². The van der Waals surface area contributed by atoms with E-state index >= 15 is 0 Å². The van der Waals surface area contributed by atoms with Crippen LogP contribution in [-0.2, 0) is 33.1 Å². The zero-order chi connectivity index (χ0) is 17.7. The van der Waals surface area contributed by atoms with Gasteiger partial charge in [0.2, 0.25) is 0 Å². The molecule has 0 radical (unpaired) electrons. The van der Waals surface area contributed by atoms with Gasteiger partial charge in [-0.1, -0.05) is 50.1 Å². The molecule has 1 unspecified atom stereocenters. The van der Waals surface area contributed by atoms with Crippen molar-refractivity contribution in [2.45, 2.75) is 19.3 Å². The fraction of sp³-hybridized carbons (Fsp3) is 0.200. The standard InChI is InChI=1S/C15H11Br2F2O4P/c16-12-4-1-10(2-5-12)8-22-9-11-3-6-13(14(17)7-11)15(18,19)23-24(20)21/h1-7H,8-9H2/p+1. The molecule has 4 nitrogen and oxygen atoms in total. The lowest BCUT2D eigenvalue weighted by Crippen LogP contribution is -2.15. The predicted octanol–water partition coefficient (Wildman–Crippen LogP) is 5.64. The number of hydrogen-bond acceptors (Lipinski definition) is 3. The summed E-state index contributed by atoms with van der Waals surface area (Å²) in [6.45, 7) is 0.618. The summed E-state index contributed by atoms with van der Waals surface area (Å²) < 4.78 is 48.2. The summed E-state index contributed by atoms with van der Waals surface area (Å²) in [6.07, 6.45) is -3.86. The minimum absolute atomic E-state index is 0.0640. The first-order valence-electron chi connectivity index (χ1n) is 6.62. The number of alkyl halides is 2. The highest BCUT2D eigenvalue weighted by Gasteiger charge is 2.44. The van der Waals surface area contributed by atoms with Crippen LogP contribution >= 0.6 is 40.1 Å². The van der Waals surface area contributed by atoms with Crippen molar-refractivity contribution < 1.29 is 27.5 Å². The van der Waals surface area contributed by atoms with Crippen molar-refractivity contribution in [2.24, 2.45) is 0 Å². The second kappa shape index (κ2) is 8.56. The van der Waals surface area contributed by atoms with Gasteiger partial charge in [-0.2, -0.15) is 8.78 Å². The molecule has 0 bridgehead atoms. The maximum atomic E-state index is 13.7. The largest absolute Gasteiger partial charge is 0.701 e. The van der Waals surface area contributed by atoms with Crippen LogP contribution in [0.15, 0.2) is 51.4 Å². The van der Waals surface area contributed by atoms with Gasteiger partial charge in [0.1, 0.15) is 0 Å². The highest BCUT2D eigenvalue weighted by molar-refractivity contribution is 9.10. The van der Waals surface area contributed by atoms with Gasteiger partial charge in [0.05, 0.1) is 18.8 Å². The van der Waals surface area contributed by atoms with Crippen molar-refractivity contribution in [2.75, 3.05) is 0 Å². The van der Waals surface area contributed by atoms with Gasteiger partial charge in [0, 0.05) is 13.5 Å². The molecule has 0 aliphatic heterocycles. The van der Waals surface area contributed by atoms with Gasteiger partial charge in [0.15, 0.2) is 0 Å². The fourth-order valence-corrected chi connectivity index (χ4v) is 3.11. The van der Waals surface area contributed by atoms with E-state index < -0.39 is 19.9 Å². The summed E-state index contributed by atoms with van der Waals surface area (Å²) in [7, 11) is -3.42. The molecule has 2 rings (SSSR count). The van der Waals surface area contributed by atoms with E-state index in [9.17, 15) is 13.3 Å². The predicted molar refractivity (Wildman–Crippen MR) is 91.6 cm³/mol. The number of benzene rings is 2. The Kier molecular flexibility index (Phi) is 6.98. The maximum Gasteiger partial charge on any atom is 0.701 e. The third kappa shape index (κ3) is 5.65. The highest BCUT2D eigenvalue weighted by Crippen LogP contribution is 2.40. The van der Waals surface area contributed by atoms with Crippen molar-refractivity contribution in [3.05, 3.63) is 68.1 Å². The van der Waals surface area contributed by atoms with Gasteiger partial charge >= 0.3 is 14.4 Å². The van der Waals surface area contributed by atoms with E-state index in [1.165, 1.54) is 12.1 Å². The molecule has 0 aromatic heterocycles. The SMILES string of the molecule is O=[P+](O)OC(F)(F)c1ccc(COCc2ccc(Br)cc2)cc1Br. The first-order chi connectivity index (χ1) is 11.3. The van der Waals surface area contributed by atoms with E-state index in [0.717, 1.165) is 16.1 Å². The van der Waals surface area contributed by atoms with E-state index in [4.69, 9.17) is 9.63 Å². The molecule has 24 heavy (non-hydrogen) atoms. The summed E-state index contributed by atoms with van der Waals surface area (Å²) in [5, 5.41) is 0. The second-order valence-corrected chi connectivity index (χ2v) is 7.21. The van der Waals surface area contributed by atoms with Crippen molar-refractivity contribution in [1.82, 2.24) is 0 Å². The molecule has 1 N–H and O–H groups in total. The Morgan fingerprint density at radius 1 is 1.04 bits per heavy atom. The third-order valence-electron chi connectivity index (χ3n) is 2.99. The summed E-state index contributed by atoms with van der Waals surface area (Å²) >= 11 is 6.36. The Balaban J connectivity index is 1.99. The quantitative estimate of drug-likeness (QED) is 0.516. The van der Waals surface area contributed by atoms with Crippen LogP contribution in [0.2, 0.25) is 0 Å². The maximum absolute atomic E-state index is 13.7. The number of rotatable bonds is 7. The summed E-state index contributed by atoms with van der Waals surface area (Å²) in [6, 6.07) is 11.7. The molecule has 2 aromatic rings. The fourth-order valence-electron chi connectivity index (χ4n) is 1.90. The van der Waals surface area contributed by atoms with Crippen molar-refractivity contribution in [3.63, 3.8) is 0 Å². The molecule has 1 atom stereocenters. The van der Waals surface area contributed by atoms with Crippen LogP contribution in [0.5, 0.6) is 0 Å². The van der Waals surface area contributed by atoms with Crippen LogP contribution in [0.4, 0.5) is 8.78 Å². The average molecular weight is 485 g/mol. The molecule has 0 heterocycles. The first kappa shape index (κ1) is 19.6. The number of hydrogen-bond donors (Lipinski definition) is 1. The normalized spacial score (nSPS) is 12.3. The van der Waals surface area contributed by atoms with E-state index in [1.54, 1.807) is 0 Å². The molecule has 2 aromatic carbocycles. The minimum atomic E-state index is -3.86. The van der Waals surface area contributed by atoms with Gasteiger partial charge in [-0.15, -0.1) is 4.89 Å². The van der Waals surface area contributed by atoms with Crippen LogP contribution in [0, 0.1) is 0 Å². The van der Waals surface area contributed by atoms with Crippen LogP contribution in [-0.4, -0.2) is 4.89 Å². The van der Waals surface area contributed by atoms with E-state index in [2.05, 4.69) is 36.4 Å². The molecule has 9 heteroatoms. The topological polar surface area (TPSA) is 55.8 Å². The second-order valence-electron chi connectivity index (χ2n) is 4.78. The van der Waals surface area contributed by atoms with Gasteiger partial charge in [-0.05, 0) is 39.9 Å². The van der Waals surface area contributed by atoms with Gasteiger partial charge < -0.3 is 4.74 Å². The van der Waals surface area contributed by atoms with Gasteiger partial charge in [0.25, 0.3) is 0 Å². The lowest BCUT2D eigenvalue weighted by atomic mass is 10.1. The molecule has 0 amide bonds. The zero-order valence-electron chi connectivity index (χ0n) is 12.1. The molecule has 0 saturated heterocycles. The monoisotopic (exact) mass is 483 g/mol. The molecule has 0 saturated carbocycles. The van der Waals surface area contributed by atoms with Crippen LogP contribution in [0.3, 0.4) is 0 Å². The van der Waals surface area contributed by atoms with Gasteiger partial charge in [-0.3, -0.25) is 0 Å². The van der Waals surface area contributed by atoms with Crippen LogP contribution < -0.4 is 0 Å². The number of halogens is 4. The van der Waals surface area contributed by atoms with Crippen molar-refractivity contribution in [3.8, 4) is 0 Å². The van der Waals surface area contributed by atoms with Crippen molar-refractivity contribution in [1.29, 1.82) is 0 Å². The molecule has 0 aliphatic carbocycles. The third-order valence-corrected chi connectivity index (χ3v) is 4.56. The molecule has 0 spiro atoms. The Bertz CT molecular complexity index is 726. The Morgan fingerprint density at radius 3 is 2.21 bits per heavy atom. The molecule has 0 fully saturated rings. The molecular formula is C15H12Br2F2O4P+. The highest BCUT2D eigenvalue weighted by atomic mass is 79.9. The summed E-state index contributed by atoms with van der Waals surface area (Å²) in [5.74, 6) is 0. The minimum Gasteiger partial charge on any atom is -0.372 e. The smallest absolute Gasteiger partial charge is 0.372 e. The first-order valence-corrected chi connectivity index (χ1v) is 9.34. The lowest BCUT2D eigenvalue weighted by molar-refractivity contribution is -0.186. The molecule has 128 valence electrons.